The number of unbranched alkanes of at least 4 members (excludes halogenated alkanes) is 1. The van der Waals surface area contributed by atoms with Gasteiger partial charge in [-0.15, -0.1) is 0 Å². The van der Waals surface area contributed by atoms with Crippen molar-refractivity contribution in [2.45, 2.75) is 32.8 Å². The van der Waals surface area contributed by atoms with Crippen molar-refractivity contribution in [3.8, 4) is 5.75 Å². The number of hydrogen-bond donors (Lipinski definition) is 2. The maximum absolute atomic E-state index is 11.7. The van der Waals surface area contributed by atoms with Crippen LogP contribution < -0.4 is 15.8 Å². The van der Waals surface area contributed by atoms with E-state index in [-0.39, 0.29) is 5.91 Å². The van der Waals surface area contributed by atoms with Crippen LogP contribution >= 0.6 is 11.6 Å². The number of nitrogens with two attached hydrogens (primary N) is 1. The Balaban J connectivity index is 2.53. The van der Waals surface area contributed by atoms with Gasteiger partial charge in [0.15, 0.2) is 6.10 Å². The van der Waals surface area contributed by atoms with Crippen molar-refractivity contribution in [1.82, 2.24) is 5.32 Å². The van der Waals surface area contributed by atoms with Gasteiger partial charge in [0.2, 0.25) is 0 Å². The summed E-state index contributed by atoms with van der Waals surface area (Å²) in [5.41, 5.74) is 6.14. The Morgan fingerprint density at radius 2 is 2.28 bits per heavy atom. The molecule has 1 aromatic carbocycles. The number of hydrogen-bond acceptors (Lipinski definition) is 3. The van der Waals surface area contributed by atoms with Crippen molar-refractivity contribution < 1.29 is 9.53 Å². The zero-order chi connectivity index (χ0) is 13.5. The Morgan fingerprint density at radius 1 is 1.56 bits per heavy atom. The fraction of sp³-hybridized carbons (Fsp3) is 0.462. The van der Waals surface area contributed by atoms with E-state index in [1.165, 1.54) is 0 Å². The first-order valence-corrected chi connectivity index (χ1v) is 6.41. The van der Waals surface area contributed by atoms with Gasteiger partial charge in [-0.05, 0) is 31.5 Å². The molecule has 0 aliphatic carbocycles. The van der Waals surface area contributed by atoms with E-state index in [1.54, 1.807) is 25.1 Å². The van der Waals surface area contributed by atoms with Gasteiger partial charge in [-0.3, -0.25) is 4.79 Å². The van der Waals surface area contributed by atoms with Gasteiger partial charge in [-0.25, -0.2) is 0 Å². The molecule has 0 bridgehead atoms. The largest absolute Gasteiger partial charge is 0.479 e. The van der Waals surface area contributed by atoms with Gasteiger partial charge in [0.1, 0.15) is 5.75 Å². The molecule has 1 unspecified atom stereocenters. The third kappa shape index (κ3) is 4.45. The topological polar surface area (TPSA) is 64.3 Å². The van der Waals surface area contributed by atoms with Crippen LogP contribution in [0.15, 0.2) is 18.2 Å². The minimum atomic E-state index is -0.581. The van der Waals surface area contributed by atoms with Crippen molar-refractivity contribution in [2.24, 2.45) is 0 Å². The molecule has 1 amide bonds. The van der Waals surface area contributed by atoms with Crippen molar-refractivity contribution in [2.75, 3.05) is 12.3 Å². The van der Waals surface area contributed by atoms with Gasteiger partial charge in [-0.2, -0.15) is 0 Å². The van der Waals surface area contributed by atoms with Gasteiger partial charge in [-0.1, -0.05) is 24.9 Å². The summed E-state index contributed by atoms with van der Waals surface area (Å²) in [4.78, 5) is 11.7. The fourth-order valence-electron chi connectivity index (χ4n) is 1.39. The first-order chi connectivity index (χ1) is 8.54. The lowest BCUT2D eigenvalue weighted by atomic mass is 10.3. The Morgan fingerprint density at radius 3 is 2.89 bits per heavy atom. The van der Waals surface area contributed by atoms with E-state index in [1.807, 2.05) is 0 Å². The molecule has 1 aromatic rings. The Hall–Kier alpha value is -1.42. The normalized spacial score (nSPS) is 11.9. The Bertz CT molecular complexity index is 410. The summed E-state index contributed by atoms with van der Waals surface area (Å²) in [5, 5.41) is 3.21. The number of halogens is 1. The van der Waals surface area contributed by atoms with E-state index in [0.29, 0.717) is 23.0 Å². The molecule has 0 fully saturated rings. The lowest BCUT2D eigenvalue weighted by Gasteiger charge is -2.15. The number of nitrogen functional groups attached to an aromatic ring is 1. The molecule has 3 N–H and O–H groups in total. The van der Waals surface area contributed by atoms with Crippen molar-refractivity contribution in [1.29, 1.82) is 0 Å². The Labute approximate surface area is 112 Å². The summed E-state index contributed by atoms with van der Waals surface area (Å²) in [7, 11) is 0. The zero-order valence-electron chi connectivity index (χ0n) is 10.7. The van der Waals surface area contributed by atoms with Crippen LogP contribution in [0.3, 0.4) is 0 Å². The third-order valence-electron chi connectivity index (χ3n) is 2.46. The number of rotatable bonds is 6. The standard InChI is InChI=1S/C13H19ClN2O2/c1-3-4-7-16-13(17)9(2)18-12-6-5-10(15)8-11(12)14/h5-6,8-9H,3-4,7,15H2,1-2H3,(H,16,17). The minimum Gasteiger partial charge on any atom is -0.479 e. The van der Waals surface area contributed by atoms with E-state index in [2.05, 4.69) is 12.2 Å². The molecule has 0 spiro atoms. The summed E-state index contributed by atoms with van der Waals surface area (Å²) >= 11 is 5.97. The van der Waals surface area contributed by atoms with Crippen molar-refractivity contribution in [3.63, 3.8) is 0 Å². The van der Waals surface area contributed by atoms with Crippen LogP contribution in [0.1, 0.15) is 26.7 Å². The molecular formula is C13H19ClN2O2. The molecular weight excluding hydrogens is 252 g/mol. The SMILES string of the molecule is CCCCNC(=O)C(C)Oc1ccc(N)cc1Cl. The molecule has 0 aromatic heterocycles. The number of anilines is 1. The molecule has 0 saturated carbocycles. The monoisotopic (exact) mass is 270 g/mol. The van der Waals surface area contributed by atoms with Crippen LogP contribution in [0.25, 0.3) is 0 Å². The average molecular weight is 271 g/mol. The predicted octanol–water partition coefficient (Wildman–Crippen LogP) is 2.61. The molecule has 18 heavy (non-hydrogen) atoms. The van der Waals surface area contributed by atoms with E-state index in [9.17, 15) is 4.79 Å². The molecule has 4 nitrogen and oxygen atoms in total. The first kappa shape index (κ1) is 14.6. The Kier molecular flexibility index (Phi) is 5.78. The van der Waals surface area contributed by atoms with Gasteiger partial charge < -0.3 is 15.8 Å². The second-order valence-corrected chi connectivity index (χ2v) is 4.50. The highest BCUT2D eigenvalue weighted by molar-refractivity contribution is 6.32. The second-order valence-electron chi connectivity index (χ2n) is 4.09. The highest BCUT2D eigenvalue weighted by Crippen LogP contribution is 2.27. The predicted molar refractivity (Wildman–Crippen MR) is 73.9 cm³/mol. The first-order valence-electron chi connectivity index (χ1n) is 6.04. The van der Waals surface area contributed by atoms with Crippen LogP contribution in [-0.2, 0) is 4.79 Å². The molecule has 1 atom stereocenters. The van der Waals surface area contributed by atoms with Crippen LogP contribution in [0.4, 0.5) is 5.69 Å². The molecule has 0 radical (unpaired) electrons. The van der Waals surface area contributed by atoms with E-state index < -0.39 is 6.10 Å². The highest BCUT2D eigenvalue weighted by Gasteiger charge is 2.15. The third-order valence-corrected chi connectivity index (χ3v) is 2.75. The van der Waals surface area contributed by atoms with Gasteiger partial charge in [0.05, 0.1) is 5.02 Å². The summed E-state index contributed by atoms with van der Waals surface area (Å²) in [6.07, 6.45) is 1.42. The van der Waals surface area contributed by atoms with E-state index in [4.69, 9.17) is 22.1 Å². The smallest absolute Gasteiger partial charge is 0.260 e. The molecule has 0 saturated heterocycles. The lowest BCUT2D eigenvalue weighted by molar-refractivity contribution is -0.127. The summed E-state index contributed by atoms with van der Waals surface area (Å²) in [5.74, 6) is 0.320. The molecule has 0 heterocycles. The molecule has 1 rings (SSSR count). The number of amides is 1. The maximum atomic E-state index is 11.7. The number of carbonyl (C=O) groups is 1. The highest BCUT2D eigenvalue weighted by atomic mass is 35.5. The minimum absolute atomic E-state index is 0.142. The summed E-state index contributed by atoms with van der Waals surface area (Å²) < 4.78 is 5.49. The average Bonchev–Trinajstić information content (AvgIpc) is 2.32. The van der Waals surface area contributed by atoms with Crippen LogP contribution in [0, 0.1) is 0 Å². The van der Waals surface area contributed by atoms with E-state index in [0.717, 1.165) is 12.8 Å². The molecule has 0 aliphatic heterocycles. The second kappa shape index (κ2) is 7.11. The zero-order valence-corrected chi connectivity index (χ0v) is 11.5. The van der Waals surface area contributed by atoms with Gasteiger partial charge in [0.25, 0.3) is 5.91 Å². The fourth-order valence-corrected chi connectivity index (χ4v) is 1.62. The summed E-state index contributed by atoms with van der Waals surface area (Å²) in [6.45, 7) is 4.42. The van der Waals surface area contributed by atoms with E-state index >= 15 is 0 Å². The number of benzene rings is 1. The quantitative estimate of drug-likeness (QED) is 0.617. The van der Waals surface area contributed by atoms with Gasteiger partial charge in [0, 0.05) is 12.2 Å². The molecule has 100 valence electrons. The number of carbonyl (C=O) groups excluding carboxylic acids is 1. The number of ether oxygens (including phenoxy) is 1. The van der Waals surface area contributed by atoms with Crippen LogP contribution in [0.2, 0.25) is 5.02 Å². The van der Waals surface area contributed by atoms with Crippen molar-refractivity contribution in [3.05, 3.63) is 23.2 Å². The van der Waals surface area contributed by atoms with Crippen LogP contribution in [0.5, 0.6) is 5.75 Å². The lowest BCUT2D eigenvalue weighted by Crippen LogP contribution is -2.36. The number of nitrogens with one attached hydrogen (secondary N) is 1. The van der Waals surface area contributed by atoms with Crippen molar-refractivity contribution >= 4 is 23.2 Å². The van der Waals surface area contributed by atoms with Crippen LogP contribution in [-0.4, -0.2) is 18.6 Å². The van der Waals surface area contributed by atoms with Gasteiger partial charge >= 0.3 is 0 Å². The molecule has 0 aliphatic rings. The summed E-state index contributed by atoms with van der Waals surface area (Å²) in [6, 6.07) is 4.94. The maximum Gasteiger partial charge on any atom is 0.260 e. The molecule has 5 heteroatoms.